The molecule has 0 aliphatic carbocycles. The van der Waals surface area contributed by atoms with Crippen LogP contribution in [0.25, 0.3) is 16.7 Å². The van der Waals surface area contributed by atoms with Crippen molar-refractivity contribution in [2.24, 2.45) is 0 Å². The minimum atomic E-state index is -1.36. The molecule has 0 saturated carbocycles. The van der Waals surface area contributed by atoms with E-state index in [1.54, 1.807) is 12.1 Å². The first-order valence-corrected chi connectivity index (χ1v) is 10.7. The molecule has 10 heteroatoms. The molecule has 4 rings (SSSR count). The highest BCUT2D eigenvalue weighted by molar-refractivity contribution is 6.30. The molecule has 2 atom stereocenters. The number of ketones is 1. The normalized spacial score (nSPS) is 18.1. The molecule has 1 saturated heterocycles. The van der Waals surface area contributed by atoms with Gasteiger partial charge in [0.25, 0.3) is 0 Å². The Labute approximate surface area is 192 Å². The summed E-state index contributed by atoms with van der Waals surface area (Å²) in [6.45, 7) is 2.70. The van der Waals surface area contributed by atoms with Crippen molar-refractivity contribution in [2.75, 3.05) is 6.54 Å². The van der Waals surface area contributed by atoms with Crippen molar-refractivity contribution in [3.05, 3.63) is 65.3 Å². The molecule has 0 unspecified atom stereocenters. The molecule has 0 radical (unpaired) electrons. The number of nitrogens with zero attached hydrogens (tertiary/aromatic N) is 4. The summed E-state index contributed by atoms with van der Waals surface area (Å²) in [6, 6.07) is 5.10. The van der Waals surface area contributed by atoms with Gasteiger partial charge in [-0.25, -0.2) is 13.2 Å². The fraction of sp³-hybridized carbons (Fsp3) is 0.304. The molecule has 1 aliphatic heterocycles. The van der Waals surface area contributed by atoms with Crippen molar-refractivity contribution in [2.45, 2.75) is 38.0 Å². The summed E-state index contributed by atoms with van der Waals surface area (Å²) in [6.07, 6.45) is 1.43. The van der Waals surface area contributed by atoms with E-state index in [-0.39, 0.29) is 54.4 Å². The van der Waals surface area contributed by atoms with Gasteiger partial charge < -0.3 is 4.90 Å². The predicted molar refractivity (Wildman–Crippen MR) is 117 cm³/mol. The monoisotopic (exact) mass is 476 g/mol. The van der Waals surface area contributed by atoms with Crippen LogP contribution in [0, 0.1) is 5.82 Å². The second-order valence-electron chi connectivity index (χ2n) is 7.88. The summed E-state index contributed by atoms with van der Waals surface area (Å²) >= 11 is 5.78. The number of pyridine rings is 1. The quantitative estimate of drug-likeness (QED) is 0.510. The summed E-state index contributed by atoms with van der Waals surface area (Å²) in [7, 11) is 0. The van der Waals surface area contributed by atoms with E-state index in [9.17, 15) is 22.8 Å². The van der Waals surface area contributed by atoms with Crippen LogP contribution in [-0.2, 0) is 22.6 Å². The first kappa shape index (κ1) is 23.0. The van der Waals surface area contributed by atoms with Gasteiger partial charge in [-0.1, -0.05) is 30.3 Å². The fourth-order valence-electron chi connectivity index (χ4n) is 4.09. The first-order valence-electron chi connectivity index (χ1n) is 10.3. The van der Waals surface area contributed by atoms with Gasteiger partial charge in [-0.05, 0) is 24.1 Å². The van der Waals surface area contributed by atoms with Crippen LogP contribution in [0.3, 0.4) is 0 Å². The van der Waals surface area contributed by atoms with Gasteiger partial charge in [0.1, 0.15) is 30.1 Å². The Morgan fingerprint density at radius 2 is 2.06 bits per heavy atom. The van der Waals surface area contributed by atoms with Crippen LogP contribution >= 0.6 is 11.6 Å². The number of likely N-dealkylation sites (tertiary alicyclic amines) is 1. The molecule has 3 heterocycles. The van der Waals surface area contributed by atoms with Gasteiger partial charge in [0, 0.05) is 24.4 Å². The summed E-state index contributed by atoms with van der Waals surface area (Å²) in [5.74, 6) is -2.26. The third kappa shape index (κ3) is 4.64. The van der Waals surface area contributed by atoms with Gasteiger partial charge in [-0.15, -0.1) is 0 Å². The zero-order chi connectivity index (χ0) is 23.7. The number of hydrogen-bond acceptors (Lipinski definition) is 4. The average Bonchev–Trinajstić information content (AvgIpc) is 3.36. The second kappa shape index (κ2) is 9.35. The minimum Gasteiger partial charge on any atom is -0.328 e. The number of carbonyl (C=O) groups is 2. The highest BCUT2D eigenvalue weighted by Gasteiger charge is 2.39. The molecule has 1 fully saturated rings. The maximum absolute atomic E-state index is 14.2. The van der Waals surface area contributed by atoms with Crippen molar-refractivity contribution in [1.29, 1.82) is 0 Å². The topological polar surface area (TPSA) is 68.1 Å². The van der Waals surface area contributed by atoms with E-state index < -0.39 is 29.8 Å². The molecular formula is C23H20ClF3N4O2. The summed E-state index contributed by atoms with van der Waals surface area (Å²) < 4.78 is 43.4. The molecule has 1 aliphatic rings. The molecule has 0 N–H and O–H groups in total. The number of amides is 1. The lowest BCUT2D eigenvalue weighted by Crippen LogP contribution is -2.42. The van der Waals surface area contributed by atoms with Crippen molar-refractivity contribution >= 4 is 40.0 Å². The molecule has 33 heavy (non-hydrogen) atoms. The maximum atomic E-state index is 14.2. The van der Waals surface area contributed by atoms with E-state index in [4.69, 9.17) is 11.6 Å². The Morgan fingerprint density at radius 1 is 1.27 bits per heavy atom. The Morgan fingerprint density at radius 3 is 2.82 bits per heavy atom. The van der Waals surface area contributed by atoms with E-state index in [2.05, 4.69) is 16.7 Å². The zero-order valence-electron chi connectivity index (χ0n) is 17.5. The summed E-state index contributed by atoms with van der Waals surface area (Å²) in [5, 5.41) is 4.50. The number of aryl methyl sites for hydroxylation is 1. The van der Waals surface area contributed by atoms with Crippen molar-refractivity contribution < 1.29 is 22.8 Å². The van der Waals surface area contributed by atoms with E-state index in [0.29, 0.717) is 10.9 Å². The highest BCUT2D eigenvalue weighted by atomic mass is 35.5. The van der Waals surface area contributed by atoms with Crippen molar-refractivity contribution in [3.8, 4) is 0 Å². The van der Waals surface area contributed by atoms with Crippen molar-refractivity contribution in [1.82, 2.24) is 19.7 Å². The van der Waals surface area contributed by atoms with Gasteiger partial charge >= 0.3 is 0 Å². The number of rotatable bonds is 7. The van der Waals surface area contributed by atoms with Gasteiger partial charge in [-0.3, -0.25) is 19.3 Å². The molecule has 1 amide bonds. The largest absolute Gasteiger partial charge is 0.328 e. The Balaban J connectivity index is 1.50. The Hall–Kier alpha value is -3.20. The third-order valence-electron chi connectivity index (χ3n) is 5.71. The van der Waals surface area contributed by atoms with Gasteiger partial charge in [0.15, 0.2) is 5.78 Å². The molecule has 172 valence electrons. The number of carbonyl (C=O) groups excluding carboxylic acids is 2. The number of Topliss-reactive ketones (excluding diaryl/α,β-unsaturated/α-hetero) is 1. The van der Waals surface area contributed by atoms with Crippen LogP contribution in [0.5, 0.6) is 0 Å². The lowest BCUT2D eigenvalue weighted by molar-refractivity contribution is -0.138. The van der Waals surface area contributed by atoms with Crippen LogP contribution in [0.4, 0.5) is 13.2 Å². The number of halogens is 4. The summed E-state index contributed by atoms with van der Waals surface area (Å²) in [4.78, 5) is 31.0. The van der Waals surface area contributed by atoms with Crippen molar-refractivity contribution in [3.63, 3.8) is 0 Å². The van der Waals surface area contributed by atoms with Gasteiger partial charge in [-0.2, -0.15) is 5.10 Å². The van der Waals surface area contributed by atoms with Crippen LogP contribution < -0.4 is 0 Å². The SMILES string of the molecule is C=C(F)c1nn(CC(=O)N2C[C@H](F)C[C@H]2C(=O)CCc2cccc(Cl)c2F)c2cnccc12. The number of fused-ring (bicyclic) bond motifs is 1. The lowest BCUT2D eigenvalue weighted by Gasteiger charge is -2.23. The van der Waals surface area contributed by atoms with E-state index >= 15 is 0 Å². The standard InChI is InChI=1S/C23H20ClF3N4O2/c1-13(25)23-16-7-8-28-10-19(16)31(29-23)12-21(33)30-11-15(26)9-18(30)20(32)6-5-14-3-2-4-17(24)22(14)27/h2-4,7-8,10,15,18H,1,5-6,9,11-12H2/t15-,18+/m1/s1. The number of aromatic nitrogens is 3. The smallest absolute Gasteiger partial charge is 0.245 e. The molecule has 6 nitrogen and oxygen atoms in total. The maximum Gasteiger partial charge on any atom is 0.245 e. The molecular weight excluding hydrogens is 457 g/mol. The van der Waals surface area contributed by atoms with Crippen LogP contribution in [0.2, 0.25) is 5.02 Å². The highest BCUT2D eigenvalue weighted by Crippen LogP contribution is 2.27. The van der Waals surface area contributed by atoms with Gasteiger partial charge in [0.2, 0.25) is 5.91 Å². The minimum absolute atomic E-state index is 0.0128. The molecule has 2 aromatic heterocycles. The zero-order valence-corrected chi connectivity index (χ0v) is 18.2. The number of alkyl halides is 1. The third-order valence-corrected chi connectivity index (χ3v) is 6.00. The van der Waals surface area contributed by atoms with Crippen LogP contribution in [0.15, 0.2) is 43.2 Å². The molecule has 3 aromatic rings. The van der Waals surface area contributed by atoms with Gasteiger partial charge in [0.05, 0.1) is 29.3 Å². The van der Waals surface area contributed by atoms with E-state index in [1.165, 1.54) is 34.1 Å². The van der Waals surface area contributed by atoms with E-state index in [0.717, 1.165) is 0 Å². The van der Waals surface area contributed by atoms with Crippen LogP contribution in [-0.4, -0.2) is 50.1 Å². The predicted octanol–water partition coefficient (Wildman–Crippen LogP) is 4.30. The molecule has 1 aromatic carbocycles. The van der Waals surface area contributed by atoms with Crippen LogP contribution in [0.1, 0.15) is 24.1 Å². The Kier molecular flexibility index (Phi) is 6.51. The average molecular weight is 477 g/mol. The Bertz CT molecular complexity index is 1250. The lowest BCUT2D eigenvalue weighted by atomic mass is 10.0. The first-order chi connectivity index (χ1) is 15.8. The summed E-state index contributed by atoms with van der Waals surface area (Å²) in [5.41, 5.74) is 0.675. The number of hydrogen-bond donors (Lipinski definition) is 0. The van der Waals surface area contributed by atoms with E-state index in [1.807, 2.05) is 0 Å². The molecule has 0 spiro atoms. The fourth-order valence-corrected chi connectivity index (χ4v) is 4.29. The number of benzene rings is 1. The second-order valence-corrected chi connectivity index (χ2v) is 8.29. The molecule has 0 bridgehead atoms.